The van der Waals surface area contributed by atoms with E-state index in [1.54, 1.807) is 0 Å². The van der Waals surface area contributed by atoms with Crippen molar-refractivity contribution in [2.75, 3.05) is 6.61 Å². The number of ether oxygens (including phenoxy) is 3. The minimum absolute atomic E-state index is 0.0139. The van der Waals surface area contributed by atoms with Gasteiger partial charge in [0.05, 0.1) is 0 Å². The average molecular weight is 611 g/mol. The molecule has 14 nitrogen and oxygen atoms in total. The third kappa shape index (κ3) is 6.23. The molecule has 4 aromatic rings. The quantitative estimate of drug-likeness (QED) is 0.0840. The first-order valence-corrected chi connectivity index (χ1v) is 13.0. The maximum absolute atomic E-state index is 12.5. The van der Waals surface area contributed by atoms with Gasteiger partial charge in [-0.1, -0.05) is 6.07 Å². The highest BCUT2D eigenvalue weighted by Crippen LogP contribution is 2.36. The predicted octanol–water partition coefficient (Wildman–Crippen LogP) is 1.43. The third-order valence-corrected chi connectivity index (χ3v) is 6.75. The number of aliphatic hydroxyl groups excluding tert-OH is 3. The van der Waals surface area contributed by atoms with Crippen molar-refractivity contribution in [3.63, 3.8) is 0 Å². The first-order valence-electron chi connectivity index (χ1n) is 13.0. The summed E-state index contributed by atoms with van der Waals surface area (Å²) in [5.41, 5.74) is -0.118. The van der Waals surface area contributed by atoms with Gasteiger partial charge in [0.1, 0.15) is 59.3 Å². The third-order valence-electron chi connectivity index (χ3n) is 6.75. The van der Waals surface area contributed by atoms with Crippen LogP contribution in [0.2, 0.25) is 0 Å². The molecule has 230 valence electrons. The van der Waals surface area contributed by atoms with Crippen molar-refractivity contribution < 1.29 is 64.3 Å². The molecule has 1 fully saturated rings. The molecule has 5 rings (SSSR count). The Morgan fingerprint density at radius 2 is 1.59 bits per heavy atom. The smallest absolute Gasteiger partial charge is 0.330 e. The van der Waals surface area contributed by atoms with E-state index in [4.69, 9.17) is 18.6 Å². The number of aromatic hydroxyl groups is 5. The fourth-order valence-corrected chi connectivity index (χ4v) is 4.46. The number of phenols is 5. The van der Waals surface area contributed by atoms with E-state index in [0.29, 0.717) is 5.56 Å². The second-order valence-corrected chi connectivity index (χ2v) is 9.84. The second-order valence-electron chi connectivity index (χ2n) is 9.84. The topological polar surface area (TPSA) is 237 Å². The molecule has 3 aromatic carbocycles. The molecule has 0 radical (unpaired) electrons. The molecule has 0 bridgehead atoms. The lowest BCUT2D eigenvalue weighted by molar-refractivity contribution is -0.278. The first kappa shape index (κ1) is 30.2. The largest absolute Gasteiger partial charge is 0.508 e. The van der Waals surface area contributed by atoms with Gasteiger partial charge in [-0.2, -0.15) is 0 Å². The lowest BCUT2D eigenvalue weighted by Crippen LogP contribution is -2.60. The van der Waals surface area contributed by atoms with E-state index in [0.717, 1.165) is 24.3 Å². The SMILES string of the molecule is O=C(/C=C/c1ccc(O)c(O)c1)OC[C@H]1O[C@@H](Oc2ccc(-c3cc(=O)c4c(O)cc(O)cc4o3)cc2O)[C@H](O)[C@@H](O)[C@@H]1O. The zero-order valence-electron chi connectivity index (χ0n) is 22.5. The number of esters is 1. The molecule has 5 atom stereocenters. The van der Waals surface area contributed by atoms with Crippen molar-refractivity contribution in [2.45, 2.75) is 30.7 Å². The molecule has 0 spiro atoms. The molecule has 0 amide bonds. The molecular weight excluding hydrogens is 584 g/mol. The summed E-state index contributed by atoms with van der Waals surface area (Å²) in [4.78, 5) is 24.7. The minimum atomic E-state index is -1.78. The maximum atomic E-state index is 12.5. The Labute approximate surface area is 247 Å². The summed E-state index contributed by atoms with van der Waals surface area (Å²) >= 11 is 0. The van der Waals surface area contributed by atoms with Crippen LogP contribution in [-0.4, -0.2) is 84.1 Å². The van der Waals surface area contributed by atoms with Crippen molar-refractivity contribution in [1.82, 2.24) is 0 Å². The predicted molar refractivity (Wildman–Crippen MR) is 150 cm³/mol. The number of phenolic OH excluding ortho intramolecular Hbond substituents is 5. The van der Waals surface area contributed by atoms with Crippen LogP contribution in [0.3, 0.4) is 0 Å². The fraction of sp³-hybridized carbons (Fsp3) is 0.200. The molecule has 8 N–H and O–H groups in total. The zero-order chi connectivity index (χ0) is 31.7. The Hall–Kier alpha value is -5.28. The van der Waals surface area contributed by atoms with Crippen LogP contribution in [0.4, 0.5) is 0 Å². The number of hydrogen-bond donors (Lipinski definition) is 8. The Morgan fingerprint density at radius 1 is 0.818 bits per heavy atom. The normalized spacial score (nSPS) is 21.8. The summed E-state index contributed by atoms with van der Waals surface area (Å²) in [6.45, 7) is -0.564. The van der Waals surface area contributed by atoms with E-state index < -0.39 is 60.2 Å². The molecule has 1 aromatic heterocycles. The molecule has 44 heavy (non-hydrogen) atoms. The Morgan fingerprint density at radius 3 is 2.32 bits per heavy atom. The van der Waals surface area contributed by atoms with Gasteiger partial charge in [0.15, 0.2) is 28.4 Å². The van der Waals surface area contributed by atoms with Gasteiger partial charge in [-0.25, -0.2) is 4.79 Å². The summed E-state index contributed by atoms with van der Waals surface area (Å²) in [5, 5.41) is 80.2. The number of rotatable bonds is 7. The molecular formula is C30H26O14. The van der Waals surface area contributed by atoms with Crippen LogP contribution in [0.15, 0.2) is 69.9 Å². The maximum Gasteiger partial charge on any atom is 0.330 e. The highest BCUT2D eigenvalue weighted by Gasteiger charge is 2.45. The van der Waals surface area contributed by atoms with Gasteiger partial charge in [0.25, 0.3) is 0 Å². The van der Waals surface area contributed by atoms with E-state index in [1.807, 2.05) is 0 Å². The van der Waals surface area contributed by atoms with Crippen LogP contribution in [0.1, 0.15) is 5.56 Å². The lowest BCUT2D eigenvalue weighted by atomic mass is 9.99. The molecule has 2 heterocycles. The van der Waals surface area contributed by atoms with Crippen LogP contribution >= 0.6 is 0 Å². The molecule has 1 aliphatic rings. The number of aliphatic hydroxyl groups is 3. The Balaban J connectivity index is 1.27. The standard InChI is InChI=1S/C30H26O14/c31-15-9-19(35)26-20(36)11-22(42-23(26)10-15)14-3-5-21(18(34)8-14)43-30-29(40)28(39)27(38)24(44-30)12-41-25(37)6-2-13-1-4-16(32)17(33)7-13/h1-11,24,27-35,38-40H,12H2/b6-2+/t24-,27-,28+,29-,30-/m1/s1. The van der Waals surface area contributed by atoms with Crippen LogP contribution in [0, 0.1) is 0 Å². The van der Waals surface area contributed by atoms with Crippen molar-refractivity contribution in [1.29, 1.82) is 0 Å². The van der Waals surface area contributed by atoms with Crippen molar-refractivity contribution >= 4 is 23.0 Å². The molecule has 0 saturated carbocycles. The number of fused-ring (bicyclic) bond motifs is 1. The van der Waals surface area contributed by atoms with E-state index in [2.05, 4.69) is 0 Å². The summed E-state index contributed by atoms with van der Waals surface area (Å²) in [7, 11) is 0. The van der Waals surface area contributed by atoms with Gasteiger partial charge < -0.3 is 59.5 Å². The first-order chi connectivity index (χ1) is 20.9. The van der Waals surface area contributed by atoms with Gasteiger partial charge in [-0.05, 0) is 42.0 Å². The van der Waals surface area contributed by atoms with Gasteiger partial charge >= 0.3 is 5.97 Å². The molecule has 14 heteroatoms. The number of benzene rings is 3. The molecule has 1 aliphatic heterocycles. The summed E-state index contributed by atoms with van der Waals surface area (Å²) < 4.78 is 21.8. The summed E-state index contributed by atoms with van der Waals surface area (Å²) in [6, 6.07) is 10.9. The van der Waals surface area contributed by atoms with Crippen LogP contribution in [0.25, 0.3) is 28.4 Å². The summed E-state index contributed by atoms with van der Waals surface area (Å²) in [5.74, 6) is -3.13. The van der Waals surface area contributed by atoms with Crippen LogP contribution < -0.4 is 10.2 Å². The van der Waals surface area contributed by atoms with Crippen LogP contribution in [-0.2, 0) is 14.3 Å². The fourth-order valence-electron chi connectivity index (χ4n) is 4.46. The van der Waals surface area contributed by atoms with Crippen molar-refractivity contribution in [3.05, 3.63) is 76.5 Å². The Kier molecular flexibility index (Phi) is 8.33. The van der Waals surface area contributed by atoms with Gasteiger partial charge in [0, 0.05) is 29.8 Å². The molecule has 1 saturated heterocycles. The monoisotopic (exact) mass is 610 g/mol. The van der Waals surface area contributed by atoms with Gasteiger partial charge in [-0.15, -0.1) is 0 Å². The van der Waals surface area contributed by atoms with Gasteiger partial charge in [0.2, 0.25) is 6.29 Å². The highest BCUT2D eigenvalue weighted by molar-refractivity contribution is 5.87. The lowest BCUT2D eigenvalue weighted by Gasteiger charge is -2.39. The number of hydrogen-bond acceptors (Lipinski definition) is 14. The summed E-state index contributed by atoms with van der Waals surface area (Å²) in [6.07, 6.45) is -5.91. The Bertz CT molecular complexity index is 1800. The van der Waals surface area contributed by atoms with E-state index in [9.17, 15) is 50.4 Å². The van der Waals surface area contributed by atoms with E-state index in [1.165, 1.54) is 42.5 Å². The number of carbonyl (C=O) groups is 1. The number of carbonyl (C=O) groups excluding carboxylic acids is 1. The highest BCUT2D eigenvalue weighted by atomic mass is 16.7. The average Bonchev–Trinajstić information content (AvgIpc) is 2.97. The molecule has 0 aliphatic carbocycles. The second kappa shape index (κ2) is 12.1. The minimum Gasteiger partial charge on any atom is -0.508 e. The van der Waals surface area contributed by atoms with Crippen LogP contribution in [0.5, 0.6) is 34.5 Å². The van der Waals surface area contributed by atoms with Crippen molar-refractivity contribution in [2.24, 2.45) is 0 Å². The zero-order valence-corrected chi connectivity index (χ0v) is 22.5. The van der Waals surface area contributed by atoms with Crippen molar-refractivity contribution in [3.8, 4) is 45.8 Å². The van der Waals surface area contributed by atoms with Gasteiger partial charge in [-0.3, -0.25) is 4.79 Å². The van der Waals surface area contributed by atoms with E-state index >= 15 is 0 Å². The van der Waals surface area contributed by atoms with E-state index in [-0.39, 0.29) is 45.3 Å². The molecule has 0 unspecified atom stereocenters.